The number of carbonyl (C=O) groups excluding carboxylic acids is 1. The molecule has 29 heavy (non-hydrogen) atoms. The number of hydrogen-bond acceptors (Lipinski definition) is 7. The summed E-state index contributed by atoms with van der Waals surface area (Å²) < 4.78 is 43.6. The number of rotatable bonds is 5. The van der Waals surface area contributed by atoms with E-state index in [-0.39, 0.29) is 17.0 Å². The molecule has 1 aliphatic heterocycles. The summed E-state index contributed by atoms with van der Waals surface area (Å²) in [5.41, 5.74) is -0.547. The second kappa shape index (κ2) is 9.11. The van der Waals surface area contributed by atoms with Crippen LogP contribution in [0.3, 0.4) is 0 Å². The van der Waals surface area contributed by atoms with E-state index in [1.165, 1.54) is 18.5 Å². The third-order valence-corrected chi connectivity index (χ3v) is 5.02. The molecule has 0 radical (unpaired) electrons. The van der Waals surface area contributed by atoms with Crippen LogP contribution >= 0.6 is 11.8 Å². The lowest BCUT2D eigenvalue weighted by molar-refractivity contribution is -0.137. The molecule has 1 amide bonds. The van der Waals surface area contributed by atoms with Gasteiger partial charge in [0.15, 0.2) is 5.82 Å². The molecule has 0 aliphatic carbocycles. The molecule has 2 heterocycles. The molecular weight excluding hydrogens is 407 g/mol. The van der Waals surface area contributed by atoms with Gasteiger partial charge in [-0.25, -0.2) is 9.97 Å². The first-order valence-corrected chi connectivity index (χ1v) is 9.55. The summed E-state index contributed by atoms with van der Waals surface area (Å²) in [6.45, 7) is 2.23. The van der Waals surface area contributed by atoms with Crippen LogP contribution in [0.25, 0.3) is 0 Å². The van der Waals surface area contributed by atoms with E-state index in [0.717, 1.165) is 23.9 Å². The van der Waals surface area contributed by atoms with E-state index in [0.29, 0.717) is 37.1 Å². The highest BCUT2D eigenvalue weighted by molar-refractivity contribution is 8.00. The Morgan fingerprint density at radius 1 is 1.31 bits per heavy atom. The van der Waals surface area contributed by atoms with Crippen molar-refractivity contribution in [1.82, 2.24) is 9.97 Å². The quantitative estimate of drug-likeness (QED) is 0.584. The van der Waals surface area contributed by atoms with Crippen LogP contribution in [-0.2, 0) is 15.7 Å². The lowest BCUT2D eigenvalue weighted by Gasteiger charge is -2.28. The number of hydrogen-bond donors (Lipinski definition) is 1. The number of nitrogens with one attached hydrogen (secondary N) is 1. The molecule has 1 fully saturated rings. The van der Waals surface area contributed by atoms with Crippen molar-refractivity contribution in [2.75, 3.05) is 42.3 Å². The molecule has 1 saturated heterocycles. The second-order valence-corrected chi connectivity index (χ2v) is 6.97. The lowest BCUT2D eigenvalue weighted by atomic mass is 10.2. The minimum absolute atomic E-state index is 0.0441. The zero-order chi connectivity index (χ0) is 20.9. The normalized spacial score (nSPS) is 14.3. The number of amides is 1. The number of nitrogens with zero attached hydrogens (tertiary/aromatic N) is 4. The average molecular weight is 423 g/mol. The van der Waals surface area contributed by atoms with E-state index >= 15 is 0 Å². The van der Waals surface area contributed by atoms with Gasteiger partial charge in [0.2, 0.25) is 5.91 Å². The van der Waals surface area contributed by atoms with Crippen molar-refractivity contribution in [3.8, 4) is 6.07 Å². The number of ether oxygens (including phenoxy) is 1. The van der Waals surface area contributed by atoms with E-state index in [2.05, 4.69) is 21.4 Å². The molecule has 1 aliphatic rings. The van der Waals surface area contributed by atoms with Crippen LogP contribution in [0.5, 0.6) is 0 Å². The number of halogens is 3. The standard InChI is InChI=1S/C18H16F3N5O2S/c19-18(20,21)12-2-1-3-13(8-12)25-15(27)10-29-17-14(9-22)16(23-11-24-17)26-4-6-28-7-5-26/h1-3,8,11H,4-7,10H2,(H,25,27). The van der Waals surface area contributed by atoms with Crippen molar-refractivity contribution in [2.24, 2.45) is 0 Å². The molecular formula is C18H16F3N5O2S. The fourth-order valence-corrected chi connectivity index (χ4v) is 3.43. The Labute approximate surface area is 168 Å². The van der Waals surface area contributed by atoms with Gasteiger partial charge in [-0.2, -0.15) is 18.4 Å². The Kier molecular flexibility index (Phi) is 6.56. The number of thioether (sulfide) groups is 1. The van der Waals surface area contributed by atoms with Crippen LogP contribution in [-0.4, -0.2) is 47.9 Å². The summed E-state index contributed by atoms with van der Waals surface area (Å²) in [6, 6.07) is 6.46. The first-order chi connectivity index (χ1) is 13.9. The second-order valence-electron chi connectivity index (χ2n) is 6.00. The predicted molar refractivity (Wildman–Crippen MR) is 101 cm³/mol. The summed E-state index contributed by atoms with van der Waals surface area (Å²) in [4.78, 5) is 22.3. The van der Waals surface area contributed by atoms with E-state index in [1.54, 1.807) is 0 Å². The number of morpholine rings is 1. The van der Waals surface area contributed by atoms with Gasteiger partial charge < -0.3 is 15.0 Å². The maximum atomic E-state index is 12.8. The van der Waals surface area contributed by atoms with Crippen molar-refractivity contribution in [2.45, 2.75) is 11.2 Å². The third kappa shape index (κ3) is 5.36. The highest BCUT2D eigenvalue weighted by Crippen LogP contribution is 2.31. The molecule has 1 aromatic heterocycles. The summed E-state index contributed by atoms with van der Waals surface area (Å²) in [7, 11) is 0. The summed E-state index contributed by atoms with van der Waals surface area (Å²) in [5.74, 6) is -0.152. The molecule has 1 N–H and O–H groups in total. The maximum absolute atomic E-state index is 12.8. The number of alkyl halides is 3. The average Bonchev–Trinajstić information content (AvgIpc) is 2.72. The molecule has 0 bridgehead atoms. The van der Waals surface area contributed by atoms with E-state index < -0.39 is 17.6 Å². The van der Waals surface area contributed by atoms with Crippen molar-refractivity contribution in [3.05, 3.63) is 41.7 Å². The van der Waals surface area contributed by atoms with Gasteiger partial charge in [0.25, 0.3) is 0 Å². The number of nitriles is 1. The Balaban J connectivity index is 1.67. The molecule has 3 rings (SSSR count). The topological polar surface area (TPSA) is 91.1 Å². The van der Waals surface area contributed by atoms with Crippen molar-refractivity contribution in [3.63, 3.8) is 0 Å². The van der Waals surface area contributed by atoms with Gasteiger partial charge in [0.1, 0.15) is 23.0 Å². The molecule has 152 valence electrons. The first kappa shape index (κ1) is 20.9. The third-order valence-electron chi connectivity index (χ3n) is 4.03. The van der Waals surface area contributed by atoms with Gasteiger partial charge in [0, 0.05) is 18.8 Å². The zero-order valence-corrected chi connectivity index (χ0v) is 15.9. The van der Waals surface area contributed by atoms with Gasteiger partial charge in [-0.15, -0.1) is 0 Å². The minimum Gasteiger partial charge on any atom is -0.378 e. The van der Waals surface area contributed by atoms with E-state index in [1.807, 2.05) is 4.90 Å². The summed E-state index contributed by atoms with van der Waals surface area (Å²) in [5, 5.41) is 12.3. The molecule has 0 spiro atoms. The number of aromatic nitrogens is 2. The fourth-order valence-electron chi connectivity index (χ4n) is 2.69. The Hall–Kier alpha value is -2.84. The van der Waals surface area contributed by atoms with Crippen LogP contribution in [0.2, 0.25) is 0 Å². The van der Waals surface area contributed by atoms with Crippen molar-refractivity contribution in [1.29, 1.82) is 5.26 Å². The molecule has 0 atom stereocenters. The maximum Gasteiger partial charge on any atom is 0.416 e. The number of anilines is 2. The van der Waals surface area contributed by atoms with Crippen LogP contribution in [0.15, 0.2) is 35.6 Å². The summed E-state index contributed by atoms with van der Waals surface area (Å²) >= 11 is 1.02. The molecule has 7 nitrogen and oxygen atoms in total. The van der Waals surface area contributed by atoms with Gasteiger partial charge >= 0.3 is 6.18 Å². The van der Waals surface area contributed by atoms with Crippen molar-refractivity contribution < 1.29 is 22.7 Å². The van der Waals surface area contributed by atoms with Gasteiger partial charge in [-0.3, -0.25) is 4.79 Å². The SMILES string of the molecule is N#Cc1c(SCC(=O)Nc2cccc(C(F)(F)F)c2)ncnc1N1CCOCC1. The van der Waals surface area contributed by atoms with Gasteiger partial charge in [-0.05, 0) is 18.2 Å². The van der Waals surface area contributed by atoms with Crippen LogP contribution in [0.4, 0.5) is 24.7 Å². The first-order valence-electron chi connectivity index (χ1n) is 8.56. The molecule has 1 aromatic carbocycles. The zero-order valence-electron chi connectivity index (χ0n) is 15.1. The van der Waals surface area contributed by atoms with Crippen molar-refractivity contribution >= 4 is 29.2 Å². The Bertz CT molecular complexity index is 926. The van der Waals surface area contributed by atoms with Crippen LogP contribution in [0, 0.1) is 11.3 Å². The largest absolute Gasteiger partial charge is 0.416 e. The predicted octanol–water partition coefficient (Wildman–Crippen LogP) is 2.93. The van der Waals surface area contributed by atoms with Crippen LogP contribution in [0.1, 0.15) is 11.1 Å². The number of benzene rings is 1. The van der Waals surface area contributed by atoms with E-state index in [4.69, 9.17) is 4.74 Å². The van der Waals surface area contributed by atoms with Crippen LogP contribution < -0.4 is 10.2 Å². The molecule has 0 unspecified atom stereocenters. The Morgan fingerprint density at radius 3 is 2.76 bits per heavy atom. The van der Waals surface area contributed by atoms with E-state index in [9.17, 15) is 23.2 Å². The fraction of sp³-hybridized carbons (Fsp3) is 0.333. The monoisotopic (exact) mass is 423 g/mol. The summed E-state index contributed by atoms with van der Waals surface area (Å²) in [6.07, 6.45) is -3.17. The molecule has 0 saturated carbocycles. The van der Waals surface area contributed by atoms with Gasteiger partial charge in [0.05, 0.1) is 24.5 Å². The molecule has 11 heteroatoms. The van der Waals surface area contributed by atoms with Gasteiger partial charge in [-0.1, -0.05) is 17.8 Å². The Morgan fingerprint density at radius 2 is 2.07 bits per heavy atom. The lowest BCUT2D eigenvalue weighted by Crippen LogP contribution is -2.37. The highest BCUT2D eigenvalue weighted by Gasteiger charge is 2.30. The highest BCUT2D eigenvalue weighted by atomic mass is 32.2. The number of carbonyl (C=O) groups is 1. The smallest absolute Gasteiger partial charge is 0.378 e. The minimum atomic E-state index is -4.49. The molecule has 2 aromatic rings.